The molecule has 0 aliphatic heterocycles. The number of benzene rings is 1. The number of carboxylic acids is 3. The smallest absolute Gasteiger partial charge is 0.326 e. The summed E-state index contributed by atoms with van der Waals surface area (Å²) in [6.07, 6.45) is -1.23. The summed E-state index contributed by atoms with van der Waals surface area (Å²) in [5.74, 6) is -6.63. The summed E-state index contributed by atoms with van der Waals surface area (Å²) in [5, 5.41) is 34.1. The Hall–Kier alpha value is -4.00. The van der Waals surface area contributed by atoms with Gasteiger partial charge in [-0.1, -0.05) is 44.2 Å². The number of carboxylic acid groups (broad SMARTS) is 3. The summed E-state index contributed by atoms with van der Waals surface area (Å²) in [4.78, 5) is 71.7. The predicted molar refractivity (Wildman–Crippen MR) is 130 cm³/mol. The third kappa shape index (κ3) is 12.0. The Balaban J connectivity index is 3.10. The zero-order valence-electron chi connectivity index (χ0n) is 20.7. The van der Waals surface area contributed by atoms with Crippen LogP contribution in [0.2, 0.25) is 0 Å². The normalized spacial score (nSPS) is 14.1. The fraction of sp³-hybridized carbons (Fsp3) is 0.500. The van der Waals surface area contributed by atoms with E-state index in [1.165, 1.54) is 0 Å². The molecular formula is C24H34N4O9. The molecular weight excluding hydrogens is 488 g/mol. The number of aliphatic carboxylic acids is 3. The van der Waals surface area contributed by atoms with Crippen LogP contribution < -0.4 is 21.7 Å². The van der Waals surface area contributed by atoms with Crippen LogP contribution in [-0.2, 0) is 35.2 Å². The van der Waals surface area contributed by atoms with Crippen molar-refractivity contribution >= 4 is 35.6 Å². The van der Waals surface area contributed by atoms with Gasteiger partial charge in [-0.3, -0.25) is 24.0 Å². The molecule has 0 bridgehead atoms. The molecule has 204 valence electrons. The first kappa shape index (κ1) is 31.0. The van der Waals surface area contributed by atoms with Gasteiger partial charge in [0.2, 0.25) is 17.7 Å². The van der Waals surface area contributed by atoms with Gasteiger partial charge in [-0.25, -0.2) is 4.79 Å². The Labute approximate surface area is 213 Å². The van der Waals surface area contributed by atoms with Crippen LogP contribution in [0.5, 0.6) is 0 Å². The number of rotatable bonds is 16. The van der Waals surface area contributed by atoms with E-state index in [1.807, 2.05) is 0 Å². The number of nitrogens with two attached hydrogens (primary N) is 1. The highest BCUT2D eigenvalue weighted by Crippen LogP contribution is 2.09. The van der Waals surface area contributed by atoms with Crippen molar-refractivity contribution in [2.24, 2.45) is 11.7 Å². The molecule has 1 aromatic rings. The quantitative estimate of drug-likeness (QED) is 0.147. The fourth-order valence-electron chi connectivity index (χ4n) is 3.37. The number of hydrogen-bond acceptors (Lipinski definition) is 7. The minimum Gasteiger partial charge on any atom is -0.481 e. The largest absolute Gasteiger partial charge is 0.481 e. The SMILES string of the molecule is CC(C)CC(NC(=O)C(Cc1ccccc1)NC(=O)C(N)CCC(=O)O)C(=O)NC(CC(=O)O)C(=O)O. The summed E-state index contributed by atoms with van der Waals surface area (Å²) >= 11 is 0. The summed E-state index contributed by atoms with van der Waals surface area (Å²) in [6.45, 7) is 3.53. The van der Waals surface area contributed by atoms with Crippen LogP contribution in [0.15, 0.2) is 30.3 Å². The maximum atomic E-state index is 13.2. The Kier molecular flexibility index (Phi) is 12.7. The molecule has 0 aromatic heterocycles. The van der Waals surface area contributed by atoms with E-state index in [1.54, 1.807) is 44.2 Å². The highest BCUT2D eigenvalue weighted by atomic mass is 16.4. The number of hydrogen-bond donors (Lipinski definition) is 7. The average Bonchev–Trinajstić information content (AvgIpc) is 2.80. The van der Waals surface area contributed by atoms with Crippen molar-refractivity contribution in [3.8, 4) is 0 Å². The van der Waals surface area contributed by atoms with E-state index in [0.29, 0.717) is 5.56 Å². The van der Waals surface area contributed by atoms with Gasteiger partial charge in [0.25, 0.3) is 0 Å². The summed E-state index contributed by atoms with van der Waals surface area (Å²) in [6, 6.07) is 3.35. The summed E-state index contributed by atoms with van der Waals surface area (Å²) in [7, 11) is 0. The lowest BCUT2D eigenvalue weighted by atomic mass is 10.00. The van der Waals surface area contributed by atoms with Gasteiger partial charge in [0.1, 0.15) is 18.1 Å². The predicted octanol–water partition coefficient (Wildman–Crippen LogP) is -0.519. The lowest BCUT2D eigenvalue weighted by Gasteiger charge is -2.26. The molecule has 1 aromatic carbocycles. The minimum absolute atomic E-state index is 0.0246. The molecule has 13 heteroatoms. The van der Waals surface area contributed by atoms with Gasteiger partial charge >= 0.3 is 17.9 Å². The minimum atomic E-state index is -1.70. The van der Waals surface area contributed by atoms with E-state index >= 15 is 0 Å². The zero-order chi connectivity index (χ0) is 28.1. The molecule has 0 saturated carbocycles. The van der Waals surface area contributed by atoms with Crippen LogP contribution in [0.25, 0.3) is 0 Å². The monoisotopic (exact) mass is 522 g/mol. The second-order valence-electron chi connectivity index (χ2n) is 8.98. The Morgan fingerprint density at radius 3 is 1.84 bits per heavy atom. The van der Waals surface area contributed by atoms with Crippen molar-refractivity contribution in [1.29, 1.82) is 0 Å². The summed E-state index contributed by atoms with van der Waals surface area (Å²) < 4.78 is 0. The molecule has 3 amide bonds. The van der Waals surface area contributed by atoms with Crippen molar-refractivity contribution in [2.75, 3.05) is 0 Å². The van der Waals surface area contributed by atoms with Crippen molar-refractivity contribution in [2.45, 2.75) is 70.1 Å². The second kappa shape index (κ2) is 15.2. The Morgan fingerprint density at radius 1 is 0.784 bits per heavy atom. The maximum absolute atomic E-state index is 13.2. The van der Waals surface area contributed by atoms with Crippen LogP contribution in [0.3, 0.4) is 0 Å². The number of nitrogens with one attached hydrogen (secondary N) is 3. The van der Waals surface area contributed by atoms with Crippen LogP contribution in [0.4, 0.5) is 0 Å². The lowest BCUT2D eigenvalue weighted by molar-refractivity contribution is -0.147. The molecule has 37 heavy (non-hydrogen) atoms. The van der Waals surface area contributed by atoms with Gasteiger partial charge in [-0.15, -0.1) is 0 Å². The first-order valence-electron chi connectivity index (χ1n) is 11.7. The number of carbonyl (C=O) groups is 6. The van der Waals surface area contributed by atoms with E-state index in [2.05, 4.69) is 16.0 Å². The van der Waals surface area contributed by atoms with E-state index in [-0.39, 0.29) is 31.6 Å². The molecule has 8 N–H and O–H groups in total. The van der Waals surface area contributed by atoms with Crippen molar-refractivity contribution in [3.05, 3.63) is 35.9 Å². The van der Waals surface area contributed by atoms with Crippen molar-refractivity contribution < 1.29 is 44.1 Å². The Morgan fingerprint density at radius 2 is 1.32 bits per heavy atom. The van der Waals surface area contributed by atoms with E-state index in [4.69, 9.17) is 15.9 Å². The van der Waals surface area contributed by atoms with E-state index in [9.17, 15) is 33.9 Å². The lowest BCUT2D eigenvalue weighted by Crippen LogP contribution is -2.58. The average molecular weight is 523 g/mol. The van der Waals surface area contributed by atoms with Gasteiger partial charge in [-0.2, -0.15) is 0 Å². The molecule has 4 atom stereocenters. The first-order valence-corrected chi connectivity index (χ1v) is 11.7. The molecule has 0 radical (unpaired) electrons. The first-order chi connectivity index (χ1) is 17.3. The van der Waals surface area contributed by atoms with Crippen LogP contribution in [0, 0.1) is 5.92 Å². The molecule has 4 unspecified atom stereocenters. The fourth-order valence-corrected chi connectivity index (χ4v) is 3.37. The van der Waals surface area contributed by atoms with Crippen molar-refractivity contribution in [3.63, 3.8) is 0 Å². The third-order valence-electron chi connectivity index (χ3n) is 5.26. The van der Waals surface area contributed by atoms with Gasteiger partial charge in [-0.05, 0) is 24.3 Å². The molecule has 0 aliphatic rings. The number of amides is 3. The topological polar surface area (TPSA) is 225 Å². The van der Waals surface area contributed by atoms with Crippen LogP contribution in [0.1, 0.15) is 45.1 Å². The van der Waals surface area contributed by atoms with E-state index in [0.717, 1.165) is 0 Å². The highest BCUT2D eigenvalue weighted by molar-refractivity contribution is 5.94. The van der Waals surface area contributed by atoms with Crippen LogP contribution in [-0.4, -0.2) is 75.1 Å². The molecule has 0 fully saturated rings. The maximum Gasteiger partial charge on any atom is 0.326 e. The Bertz CT molecular complexity index is 968. The second-order valence-corrected chi connectivity index (χ2v) is 8.98. The van der Waals surface area contributed by atoms with Crippen LogP contribution >= 0.6 is 0 Å². The standard InChI is InChI=1S/C24H34N4O9/c1-13(2)10-16(22(34)28-18(24(36)37)12-20(31)32)27-23(35)17(11-14-6-4-3-5-7-14)26-21(33)15(25)8-9-19(29)30/h3-7,13,15-18H,8-12,25H2,1-2H3,(H,26,33)(H,27,35)(H,28,34)(H,29,30)(H,31,32)(H,36,37). The molecule has 0 saturated heterocycles. The third-order valence-corrected chi connectivity index (χ3v) is 5.26. The van der Waals surface area contributed by atoms with Gasteiger partial charge in [0.05, 0.1) is 12.5 Å². The molecule has 0 heterocycles. The van der Waals surface area contributed by atoms with E-state index < -0.39 is 66.2 Å². The van der Waals surface area contributed by atoms with Gasteiger partial charge < -0.3 is 37.0 Å². The van der Waals surface area contributed by atoms with Gasteiger partial charge in [0, 0.05) is 12.8 Å². The molecule has 0 aliphatic carbocycles. The summed E-state index contributed by atoms with van der Waals surface area (Å²) in [5.41, 5.74) is 6.45. The molecule has 0 spiro atoms. The highest BCUT2D eigenvalue weighted by Gasteiger charge is 2.31. The van der Waals surface area contributed by atoms with Crippen molar-refractivity contribution in [1.82, 2.24) is 16.0 Å². The van der Waals surface area contributed by atoms with Gasteiger partial charge in [0.15, 0.2) is 0 Å². The molecule has 13 nitrogen and oxygen atoms in total. The molecule has 1 rings (SSSR count). The number of carbonyl (C=O) groups excluding carboxylic acids is 3. The zero-order valence-corrected chi connectivity index (χ0v) is 20.7.